The van der Waals surface area contributed by atoms with Crippen LogP contribution in [0.25, 0.3) is 0 Å². The lowest BCUT2D eigenvalue weighted by atomic mass is 10.1. The average Bonchev–Trinajstić information content (AvgIpc) is 2.52. The second-order valence-electron chi connectivity index (χ2n) is 4.78. The summed E-state index contributed by atoms with van der Waals surface area (Å²) in [6, 6.07) is 9.44. The van der Waals surface area contributed by atoms with Crippen molar-refractivity contribution in [3.8, 4) is 5.75 Å². The molecule has 1 amide bonds. The third-order valence-corrected chi connectivity index (χ3v) is 3.08. The van der Waals surface area contributed by atoms with E-state index in [0.717, 1.165) is 24.3 Å². The Bertz CT molecular complexity index is 681. The summed E-state index contributed by atoms with van der Waals surface area (Å²) in [5.41, 5.74) is -0.133. The molecule has 0 radical (unpaired) electrons. The smallest absolute Gasteiger partial charge is 0.416 e. The van der Waals surface area contributed by atoms with Crippen LogP contribution >= 0.6 is 0 Å². The van der Waals surface area contributed by atoms with Crippen molar-refractivity contribution in [2.45, 2.75) is 19.3 Å². The van der Waals surface area contributed by atoms with Gasteiger partial charge in [0.25, 0.3) is 5.91 Å². The van der Waals surface area contributed by atoms with Crippen molar-refractivity contribution in [2.24, 2.45) is 0 Å². The maximum absolute atomic E-state index is 12.4. The fourth-order valence-corrected chi connectivity index (χ4v) is 1.88. The first-order valence-electron chi connectivity index (χ1n) is 6.75. The van der Waals surface area contributed by atoms with Crippen LogP contribution in [0.1, 0.15) is 21.5 Å². The molecule has 1 N–H and O–H groups in total. The van der Waals surface area contributed by atoms with Gasteiger partial charge in [-0.2, -0.15) is 22.0 Å². The highest BCUT2D eigenvalue weighted by atomic mass is 19.4. The summed E-state index contributed by atoms with van der Waals surface area (Å²) in [6.07, 6.45) is -4.46. The minimum atomic E-state index is -4.46. The standard InChI is InChI=1S/C16H12F5NO2/c17-15(18)24-13-7-1-10(2-8-13)9-22-14(23)11-3-5-12(6-4-11)16(19,20)21/h1-8,15H,9H2,(H,22,23). The summed E-state index contributed by atoms with van der Waals surface area (Å²) in [4.78, 5) is 11.9. The number of benzene rings is 2. The van der Waals surface area contributed by atoms with Crippen molar-refractivity contribution in [2.75, 3.05) is 0 Å². The molecule has 2 aromatic carbocycles. The van der Waals surface area contributed by atoms with Gasteiger partial charge in [-0.25, -0.2) is 0 Å². The lowest BCUT2D eigenvalue weighted by Gasteiger charge is -2.09. The van der Waals surface area contributed by atoms with E-state index in [1.807, 2.05) is 0 Å². The van der Waals surface area contributed by atoms with Crippen LogP contribution in [-0.4, -0.2) is 12.5 Å². The number of hydrogen-bond acceptors (Lipinski definition) is 2. The summed E-state index contributed by atoms with van der Waals surface area (Å²) in [5, 5.41) is 2.52. The average molecular weight is 345 g/mol. The zero-order valence-corrected chi connectivity index (χ0v) is 12.1. The third-order valence-electron chi connectivity index (χ3n) is 3.08. The quantitative estimate of drug-likeness (QED) is 0.824. The Labute approximate surface area is 134 Å². The fourth-order valence-electron chi connectivity index (χ4n) is 1.88. The highest BCUT2D eigenvalue weighted by Crippen LogP contribution is 2.29. The second kappa shape index (κ2) is 7.29. The van der Waals surface area contributed by atoms with Gasteiger partial charge in [0, 0.05) is 12.1 Å². The van der Waals surface area contributed by atoms with Gasteiger partial charge in [0.1, 0.15) is 5.75 Å². The Hall–Kier alpha value is -2.64. The molecule has 3 nitrogen and oxygen atoms in total. The predicted molar refractivity (Wildman–Crippen MR) is 75.7 cm³/mol. The molecule has 2 rings (SSSR count). The van der Waals surface area contributed by atoms with Crippen LogP contribution in [0.3, 0.4) is 0 Å². The van der Waals surface area contributed by atoms with Crippen LogP contribution in [0.5, 0.6) is 5.75 Å². The van der Waals surface area contributed by atoms with Crippen molar-refractivity contribution in [3.63, 3.8) is 0 Å². The predicted octanol–water partition coefficient (Wildman–Crippen LogP) is 4.24. The molecule has 0 fully saturated rings. The van der Waals surface area contributed by atoms with E-state index in [1.165, 1.54) is 24.3 Å². The molecule has 0 aliphatic carbocycles. The molecule has 0 spiro atoms. The molecule has 128 valence electrons. The van der Waals surface area contributed by atoms with E-state index in [-0.39, 0.29) is 17.9 Å². The lowest BCUT2D eigenvalue weighted by molar-refractivity contribution is -0.137. The SMILES string of the molecule is O=C(NCc1ccc(OC(F)F)cc1)c1ccc(C(F)(F)F)cc1. The van der Waals surface area contributed by atoms with Gasteiger partial charge >= 0.3 is 12.8 Å². The highest BCUT2D eigenvalue weighted by Gasteiger charge is 2.30. The highest BCUT2D eigenvalue weighted by molar-refractivity contribution is 5.94. The molecule has 0 saturated heterocycles. The second-order valence-corrected chi connectivity index (χ2v) is 4.78. The molecule has 0 unspecified atom stereocenters. The Morgan fingerprint density at radius 3 is 2.08 bits per heavy atom. The molecule has 0 aliphatic rings. The van der Waals surface area contributed by atoms with E-state index in [1.54, 1.807) is 0 Å². The number of ether oxygens (including phenoxy) is 1. The number of amides is 1. The van der Waals surface area contributed by atoms with Crippen LogP contribution in [0.15, 0.2) is 48.5 Å². The Balaban J connectivity index is 1.93. The molecule has 0 heterocycles. The Morgan fingerprint density at radius 2 is 1.58 bits per heavy atom. The summed E-state index contributed by atoms with van der Waals surface area (Å²) >= 11 is 0. The van der Waals surface area contributed by atoms with E-state index >= 15 is 0 Å². The Morgan fingerprint density at radius 1 is 1.00 bits per heavy atom. The first kappa shape index (κ1) is 17.7. The normalized spacial score (nSPS) is 11.4. The van der Waals surface area contributed by atoms with Gasteiger partial charge < -0.3 is 10.1 Å². The van der Waals surface area contributed by atoms with Gasteiger partial charge in [0.05, 0.1) is 5.56 Å². The first-order chi connectivity index (χ1) is 11.3. The van der Waals surface area contributed by atoms with Gasteiger partial charge in [-0.1, -0.05) is 12.1 Å². The van der Waals surface area contributed by atoms with E-state index in [0.29, 0.717) is 5.56 Å². The largest absolute Gasteiger partial charge is 0.435 e. The van der Waals surface area contributed by atoms with E-state index in [2.05, 4.69) is 10.1 Å². The summed E-state index contributed by atoms with van der Waals surface area (Å²) in [6.45, 7) is -2.83. The van der Waals surface area contributed by atoms with Crippen LogP contribution in [0, 0.1) is 0 Å². The fraction of sp³-hybridized carbons (Fsp3) is 0.188. The summed E-state index contributed by atoms with van der Waals surface area (Å²) in [5.74, 6) is -0.556. The monoisotopic (exact) mass is 345 g/mol. The number of carbonyl (C=O) groups is 1. The number of nitrogens with one attached hydrogen (secondary N) is 1. The van der Waals surface area contributed by atoms with Gasteiger partial charge in [-0.05, 0) is 42.0 Å². The molecule has 0 aromatic heterocycles. The molecule has 2 aromatic rings. The molecule has 0 atom stereocenters. The Kier molecular flexibility index (Phi) is 5.38. The van der Waals surface area contributed by atoms with Crippen molar-refractivity contribution in [3.05, 3.63) is 65.2 Å². The molecular weight excluding hydrogens is 333 g/mol. The third kappa shape index (κ3) is 4.94. The van der Waals surface area contributed by atoms with Gasteiger partial charge in [-0.3, -0.25) is 4.79 Å². The number of hydrogen-bond donors (Lipinski definition) is 1. The van der Waals surface area contributed by atoms with Crippen LogP contribution < -0.4 is 10.1 Å². The molecule has 0 saturated carbocycles. The van der Waals surface area contributed by atoms with E-state index < -0.39 is 24.3 Å². The molecule has 0 aliphatic heterocycles. The van der Waals surface area contributed by atoms with E-state index in [9.17, 15) is 26.7 Å². The van der Waals surface area contributed by atoms with Crippen molar-refractivity contribution in [1.82, 2.24) is 5.32 Å². The van der Waals surface area contributed by atoms with Gasteiger partial charge in [0.15, 0.2) is 0 Å². The lowest BCUT2D eigenvalue weighted by Crippen LogP contribution is -2.22. The molecule has 8 heteroatoms. The van der Waals surface area contributed by atoms with Crippen LogP contribution in [0.4, 0.5) is 22.0 Å². The number of halogens is 5. The minimum Gasteiger partial charge on any atom is -0.435 e. The molecular formula is C16H12F5NO2. The number of carbonyl (C=O) groups excluding carboxylic acids is 1. The molecule has 0 bridgehead atoms. The summed E-state index contributed by atoms with van der Waals surface area (Å²) in [7, 11) is 0. The van der Waals surface area contributed by atoms with Crippen LogP contribution in [0.2, 0.25) is 0 Å². The first-order valence-corrected chi connectivity index (χ1v) is 6.75. The summed E-state index contributed by atoms with van der Waals surface area (Å²) < 4.78 is 65.6. The van der Waals surface area contributed by atoms with Crippen molar-refractivity contribution in [1.29, 1.82) is 0 Å². The minimum absolute atomic E-state index is 0.0113. The number of rotatable bonds is 5. The van der Waals surface area contributed by atoms with Crippen LogP contribution in [-0.2, 0) is 12.7 Å². The zero-order chi connectivity index (χ0) is 17.7. The molecule has 24 heavy (non-hydrogen) atoms. The maximum Gasteiger partial charge on any atom is 0.416 e. The number of alkyl halides is 5. The van der Waals surface area contributed by atoms with Crippen molar-refractivity contribution >= 4 is 5.91 Å². The van der Waals surface area contributed by atoms with E-state index in [4.69, 9.17) is 0 Å². The zero-order valence-electron chi connectivity index (χ0n) is 12.1. The van der Waals surface area contributed by atoms with Gasteiger partial charge in [-0.15, -0.1) is 0 Å². The van der Waals surface area contributed by atoms with Gasteiger partial charge in [0.2, 0.25) is 0 Å². The maximum atomic E-state index is 12.4. The van der Waals surface area contributed by atoms with Crippen molar-refractivity contribution < 1.29 is 31.5 Å². The topological polar surface area (TPSA) is 38.3 Å².